The maximum absolute atomic E-state index is 12.5. The van der Waals surface area contributed by atoms with Gasteiger partial charge < -0.3 is 4.90 Å². The van der Waals surface area contributed by atoms with E-state index in [1.807, 2.05) is 21.7 Å². The molecule has 2 aromatic rings. The molecule has 3 atom stereocenters. The monoisotopic (exact) mass is 362 g/mol. The summed E-state index contributed by atoms with van der Waals surface area (Å²) in [5.74, 6) is 0.254. The minimum Gasteiger partial charge on any atom is -0.335 e. The third-order valence-corrected chi connectivity index (χ3v) is 7.12. The summed E-state index contributed by atoms with van der Waals surface area (Å²) in [6.07, 6.45) is 1.56. The number of thiophene rings is 1. The van der Waals surface area contributed by atoms with Crippen molar-refractivity contribution >= 4 is 27.3 Å². The third kappa shape index (κ3) is 2.76. The molecule has 2 heterocycles. The number of sulfonamides is 1. The first-order valence-electron chi connectivity index (χ1n) is 7.95. The number of amides is 1. The third-order valence-electron chi connectivity index (χ3n) is 4.93. The summed E-state index contributed by atoms with van der Waals surface area (Å²) in [5, 5.41) is 3.77. The van der Waals surface area contributed by atoms with Crippen LogP contribution in [0.2, 0.25) is 0 Å². The summed E-state index contributed by atoms with van der Waals surface area (Å²) in [6.45, 7) is 0.626. The lowest BCUT2D eigenvalue weighted by Crippen LogP contribution is -2.47. The van der Waals surface area contributed by atoms with Crippen molar-refractivity contribution in [3.8, 4) is 0 Å². The summed E-state index contributed by atoms with van der Waals surface area (Å²) >= 11 is 1.51. The summed E-state index contributed by atoms with van der Waals surface area (Å²) in [5.41, 5.74) is 0.731. The van der Waals surface area contributed by atoms with E-state index >= 15 is 0 Å². The number of carbonyl (C=O) groups excluding carboxylic acids is 1. The van der Waals surface area contributed by atoms with E-state index in [0.717, 1.165) is 12.0 Å². The number of carbonyl (C=O) groups is 1. The molecule has 0 radical (unpaired) electrons. The van der Waals surface area contributed by atoms with E-state index in [-0.39, 0.29) is 23.9 Å². The van der Waals surface area contributed by atoms with Gasteiger partial charge in [-0.05, 0) is 42.3 Å². The molecule has 0 unspecified atom stereocenters. The van der Waals surface area contributed by atoms with E-state index in [2.05, 4.69) is 4.72 Å². The van der Waals surface area contributed by atoms with Crippen molar-refractivity contribution in [1.82, 2.24) is 9.62 Å². The first-order valence-corrected chi connectivity index (χ1v) is 10.4. The molecule has 1 aromatic carbocycles. The number of nitrogens with zero attached hydrogens (tertiary/aromatic N) is 1. The van der Waals surface area contributed by atoms with Gasteiger partial charge in [0, 0.05) is 24.0 Å². The number of nitrogens with one attached hydrogen (secondary N) is 1. The van der Waals surface area contributed by atoms with Crippen LogP contribution >= 0.6 is 11.3 Å². The number of likely N-dealkylation sites (tertiary alicyclic amines) is 1. The van der Waals surface area contributed by atoms with Gasteiger partial charge in [0.25, 0.3) is 5.91 Å². The second-order valence-corrected chi connectivity index (χ2v) is 8.89. The fourth-order valence-electron chi connectivity index (χ4n) is 3.77. The molecule has 24 heavy (non-hydrogen) atoms. The average molecular weight is 362 g/mol. The normalized spacial score (nSPS) is 26.0. The van der Waals surface area contributed by atoms with Crippen LogP contribution in [-0.4, -0.2) is 37.9 Å². The van der Waals surface area contributed by atoms with E-state index in [1.54, 1.807) is 30.3 Å². The molecule has 1 N–H and O–H groups in total. The molecule has 1 aromatic heterocycles. The fourth-order valence-corrected chi connectivity index (χ4v) is 5.73. The Hall–Kier alpha value is -1.70. The van der Waals surface area contributed by atoms with E-state index in [4.69, 9.17) is 0 Å². The zero-order chi connectivity index (χ0) is 16.7. The van der Waals surface area contributed by atoms with Gasteiger partial charge in [-0.2, -0.15) is 11.3 Å². The van der Waals surface area contributed by atoms with Gasteiger partial charge in [-0.3, -0.25) is 4.79 Å². The molecule has 1 saturated carbocycles. The highest BCUT2D eigenvalue weighted by atomic mass is 32.2. The molecule has 0 spiro atoms. The predicted octanol–water partition coefficient (Wildman–Crippen LogP) is 2.33. The van der Waals surface area contributed by atoms with Crippen LogP contribution in [0.4, 0.5) is 0 Å². The van der Waals surface area contributed by atoms with Gasteiger partial charge in [-0.15, -0.1) is 0 Å². The SMILES string of the molecule is O=C(c1ccsc1)N1C[C@@H]2C[C@H]1C[C@@H]2NS(=O)(=O)c1ccccc1. The smallest absolute Gasteiger partial charge is 0.254 e. The standard InChI is InChI=1S/C17H18N2O3S2/c20-17(12-6-7-23-11-12)19-10-13-8-14(19)9-16(13)18-24(21,22)15-4-2-1-3-5-15/h1-7,11,13-14,16,18H,8-10H2/t13-,14-,16-/m0/s1. The number of piperidine rings is 1. The van der Waals surface area contributed by atoms with Crippen LogP contribution in [-0.2, 0) is 10.0 Å². The summed E-state index contributed by atoms with van der Waals surface area (Å²) in [4.78, 5) is 14.7. The van der Waals surface area contributed by atoms with E-state index in [0.29, 0.717) is 17.9 Å². The van der Waals surface area contributed by atoms with Crippen LogP contribution in [0.25, 0.3) is 0 Å². The Morgan fingerprint density at radius 1 is 1.17 bits per heavy atom. The van der Waals surface area contributed by atoms with Crippen LogP contribution in [0.3, 0.4) is 0 Å². The second-order valence-electron chi connectivity index (χ2n) is 6.40. The largest absolute Gasteiger partial charge is 0.335 e. The number of rotatable bonds is 4. The molecule has 5 nitrogen and oxygen atoms in total. The minimum atomic E-state index is -3.50. The highest BCUT2D eigenvalue weighted by molar-refractivity contribution is 7.89. The van der Waals surface area contributed by atoms with Gasteiger partial charge in [-0.1, -0.05) is 18.2 Å². The average Bonchev–Trinajstić information content (AvgIpc) is 3.31. The van der Waals surface area contributed by atoms with Gasteiger partial charge in [0.1, 0.15) is 0 Å². The van der Waals surface area contributed by atoms with E-state index < -0.39 is 10.0 Å². The van der Waals surface area contributed by atoms with Crippen LogP contribution < -0.4 is 4.72 Å². The number of hydrogen-bond donors (Lipinski definition) is 1. The van der Waals surface area contributed by atoms with Crippen LogP contribution in [0.15, 0.2) is 52.1 Å². The molecule has 126 valence electrons. The number of fused-ring (bicyclic) bond motifs is 2. The molecule has 2 aliphatic rings. The van der Waals surface area contributed by atoms with Crippen molar-refractivity contribution in [3.05, 3.63) is 52.7 Å². The summed E-state index contributed by atoms with van der Waals surface area (Å²) < 4.78 is 27.8. The Kier molecular flexibility index (Phi) is 3.94. The highest BCUT2D eigenvalue weighted by Gasteiger charge is 2.47. The molecule has 2 fully saturated rings. The topological polar surface area (TPSA) is 66.5 Å². The van der Waals surface area contributed by atoms with Gasteiger partial charge in [0.2, 0.25) is 10.0 Å². The predicted molar refractivity (Wildman–Crippen MR) is 92.4 cm³/mol. The lowest BCUT2D eigenvalue weighted by atomic mass is 10.0. The number of benzene rings is 1. The van der Waals surface area contributed by atoms with Crippen molar-refractivity contribution in [2.75, 3.05) is 6.54 Å². The quantitative estimate of drug-likeness (QED) is 0.908. The molecule has 1 aliphatic carbocycles. The van der Waals surface area contributed by atoms with Gasteiger partial charge >= 0.3 is 0 Å². The second kappa shape index (κ2) is 5.98. The van der Waals surface area contributed by atoms with Crippen molar-refractivity contribution < 1.29 is 13.2 Å². The van der Waals surface area contributed by atoms with Crippen LogP contribution in [0.5, 0.6) is 0 Å². The minimum absolute atomic E-state index is 0.0631. The zero-order valence-corrected chi connectivity index (χ0v) is 14.6. The van der Waals surface area contributed by atoms with Crippen LogP contribution in [0, 0.1) is 5.92 Å². The van der Waals surface area contributed by atoms with Crippen LogP contribution in [0.1, 0.15) is 23.2 Å². The molecular weight excluding hydrogens is 344 g/mol. The number of hydrogen-bond acceptors (Lipinski definition) is 4. The Labute approximate surface area is 145 Å². The van der Waals surface area contributed by atoms with Gasteiger partial charge in [0.15, 0.2) is 0 Å². The van der Waals surface area contributed by atoms with E-state index in [9.17, 15) is 13.2 Å². The lowest BCUT2D eigenvalue weighted by molar-refractivity contribution is 0.0692. The molecule has 4 rings (SSSR count). The first kappa shape index (κ1) is 15.8. The van der Waals surface area contributed by atoms with Crippen molar-refractivity contribution in [1.29, 1.82) is 0 Å². The first-order chi connectivity index (χ1) is 11.5. The Morgan fingerprint density at radius 3 is 2.58 bits per heavy atom. The van der Waals surface area contributed by atoms with E-state index in [1.165, 1.54) is 11.3 Å². The molecular formula is C17H18N2O3S2. The summed E-state index contributed by atoms with van der Waals surface area (Å²) in [7, 11) is -3.50. The summed E-state index contributed by atoms with van der Waals surface area (Å²) in [6, 6.07) is 10.3. The Bertz CT molecular complexity index is 834. The molecule has 1 saturated heterocycles. The zero-order valence-electron chi connectivity index (χ0n) is 13.0. The lowest BCUT2D eigenvalue weighted by Gasteiger charge is -2.31. The Morgan fingerprint density at radius 2 is 1.96 bits per heavy atom. The van der Waals surface area contributed by atoms with Gasteiger partial charge in [-0.25, -0.2) is 13.1 Å². The molecule has 1 aliphatic heterocycles. The molecule has 2 bridgehead atoms. The molecule has 7 heteroatoms. The van der Waals surface area contributed by atoms with Crippen molar-refractivity contribution in [2.45, 2.75) is 29.8 Å². The Balaban J connectivity index is 1.45. The van der Waals surface area contributed by atoms with Gasteiger partial charge in [0.05, 0.1) is 10.5 Å². The molecule has 1 amide bonds. The van der Waals surface area contributed by atoms with Crippen molar-refractivity contribution in [2.24, 2.45) is 5.92 Å². The maximum Gasteiger partial charge on any atom is 0.254 e. The maximum atomic E-state index is 12.5. The fraction of sp³-hybridized carbons (Fsp3) is 0.353. The van der Waals surface area contributed by atoms with Crippen molar-refractivity contribution in [3.63, 3.8) is 0 Å². The highest BCUT2D eigenvalue weighted by Crippen LogP contribution is 2.39.